The predicted octanol–water partition coefficient (Wildman–Crippen LogP) is 0.149. The summed E-state index contributed by atoms with van der Waals surface area (Å²) < 4.78 is 5.68. The number of nitrogens with two attached hydrogens (primary N) is 1. The normalized spacial score (nSPS) is 25.6. The van der Waals surface area contributed by atoms with E-state index in [9.17, 15) is 4.79 Å². The minimum Gasteiger partial charge on any atom is -0.409 e. The molecule has 0 radical (unpaired) electrons. The number of carbonyl (C=O) groups is 1. The first-order chi connectivity index (χ1) is 7.34. The molecule has 1 fully saturated rings. The third kappa shape index (κ3) is 3.37. The van der Waals surface area contributed by atoms with E-state index in [2.05, 4.69) is 5.16 Å². The molecule has 1 saturated heterocycles. The van der Waals surface area contributed by atoms with Crippen LogP contribution in [0.5, 0.6) is 0 Å². The molecular formula is C10H19N3O3. The molecule has 1 atom stereocenters. The van der Waals surface area contributed by atoms with Crippen LogP contribution in [0, 0.1) is 0 Å². The van der Waals surface area contributed by atoms with Crippen LogP contribution in [0.2, 0.25) is 0 Å². The second kappa shape index (κ2) is 4.69. The molecule has 1 rings (SSSR count). The molecule has 1 aliphatic heterocycles. The summed E-state index contributed by atoms with van der Waals surface area (Å²) in [5.41, 5.74) is 4.96. The SMILES string of the molecule is CC1CN(C(=O)CC(N)=NO)CC(C)(C)O1. The van der Waals surface area contributed by atoms with Crippen molar-refractivity contribution < 1.29 is 14.7 Å². The molecule has 0 spiro atoms. The maximum absolute atomic E-state index is 11.8. The zero-order valence-electron chi connectivity index (χ0n) is 9.93. The van der Waals surface area contributed by atoms with Crippen LogP contribution in [0.25, 0.3) is 0 Å². The first-order valence-electron chi connectivity index (χ1n) is 5.26. The van der Waals surface area contributed by atoms with Crippen LogP contribution >= 0.6 is 0 Å². The molecule has 3 N–H and O–H groups in total. The van der Waals surface area contributed by atoms with Crippen LogP contribution in [-0.2, 0) is 9.53 Å². The Hall–Kier alpha value is -1.30. The molecule has 0 saturated carbocycles. The summed E-state index contributed by atoms with van der Waals surface area (Å²) >= 11 is 0. The van der Waals surface area contributed by atoms with Crippen molar-refractivity contribution in [1.82, 2.24) is 4.90 Å². The molecule has 16 heavy (non-hydrogen) atoms. The Morgan fingerprint density at radius 1 is 1.69 bits per heavy atom. The van der Waals surface area contributed by atoms with Crippen LogP contribution in [0.15, 0.2) is 5.16 Å². The Kier molecular flexibility index (Phi) is 3.74. The number of oxime groups is 1. The maximum atomic E-state index is 11.8. The Morgan fingerprint density at radius 3 is 2.81 bits per heavy atom. The lowest BCUT2D eigenvalue weighted by Gasteiger charge is -2.41. The number of ether oxygens (including phenoxy) is 1. The summed E-state index contributed by atoms with van der Waals surface area (Å²) in [5, 5.41) is 11.2. The summed E-state index contributed by atoms with van der Waals surface area (Å²) in [6.45, 7) is 6.86. The summed E-state index contributed by atoms with van der Waals surface area (Å²) in [6.07, 6.45) is -0.0563. The summed E-state index contributed by atoms with van der Waals surface area (Å²) in [7, 11) is 0. The Bertz CT molecular complexity index is 302. The summed E-state index contributed by atoms with van der Waals surface area (Å²) in [4.78, 5) is 13.5. The molecule has 1 aliphatic rings. The van der Waals surface area contributed by atoms with Gasteiger partial charge in [0.25, 0.3) is 0 Å². The molecular weight excluding hydrogens is 210 g/mol. The van der Waals surface area contributed by atoms with E-state index in [1.54, 1.807) is 4.90 Å². The quantitative estimate of drug-likeness (QED) is 0.305. The van der Waals surface area contributed by atoms with E-state index in [0.717, 1.165) is 0 Å². The van der Waals surface area contributed by atoms with Crippen molar-refractivity contribution >= 4 is 11.7 Å². The molecule has 0 aromatic rings. The van der Waals surface area contributed by atoms with Gasteiger partial charge in [0.1, 0.15) is 5.84 Å². The van der Waals surface area contributed by atoms with Gasteiger partial charge in [-0.2, -0.15) is 0 Å². The molecule has 0 bridgehead atoms. The van der Waals surface area contributed by atoms with Crippen LogP contribution < -0.4 is 5.73 Å². The van der Waals surface area contributed by atoms with Gasteiger partial charge in [-0.15, -0.1) is 0 Å². The standard InChI is InChI=1S/C10H19N3O3/c1-7-5-13(6-10(2,3)16-7)9(14)4-8(11)12-15/h7,15H,4-6H2,1-3H3,(H2,11,12). The average molecular weight is 229 g/mol. The summed E-state index contributed by atoms with van der Waals surface area (Å²) in [5.74, 6) is -0.208. The summed E-state index contributed by atoms with van der Waals surface area (Å²) in [6, 6.07) is 0. The zero-order valence-corrected chi connectivity index (χ0v) is 9.93. The van der Waals surface area contributed by atoms with Crippen molar-refractivity contribution in [2.24, 2.45) is 10.9 Å². The minimum atomic E-state index is -0.349. The highest BCUT2D eigenvalue weighted by molar-refractivity contribution is 5.98. The van der Waals surface area contributed by atoms with Crippen molar-refractivity contribution in [1.29, 1.82) is 0 Å². The van der Waals surface area contributed by atoms with Crippen molar-refractivity contribution in [2.45, 2.75) is 38.9 Å². The second-order valence-corrected chi connectivity index (χ2v) is 4.73. The maximum Gasteiger partial charge on any atom is 0.230 e. The monoisotopic (exact) mass is 229 g/mol. The highest BCUT2D eigenvalue weighted by Gasteiger charge is 2.33. The van der Waals surface area contributed by atoms with Gasteiger partial charge in [-0.1, -0.05) is 5.16 Å². The first-order valence-corrected chi connectivity index (χ1v) is 5.26. The van der Waals surface area contributed by atoms with Gasteiger partial charge in [0.05, 0.1) is 18.1 Å². The van der Waals surface area contributed by atoms with Gasteiger partial charge in [0.2, 0.25) is 5.91 Å². The number of nitrogens with zero attached hydrogens (tertiary/aromatic N) is 2. The Morgan fingerprint density at radius 2 is 2.31 bits per heavy atom. The van der Waals surface area contributed by atoms with Crippen LogP contribution in [0.1, 0.15) is 27.2 Å². The largest absolute Gasteiger partial charge is 0.409 e. The fourth-order valence-electron chi connectivity index (χ4n) is 1.95. The molecule has 6 heteroatoms. The lowest BCUT2D eigenvalue weighted by Crippen LogP contribution is -2.54. The fraction of sp³-hybridized carbons (Fsp3) is 0.800. The van der Waals surface area contributed by atoms with Gasteiger partial charge in [-0.25, -0.2) is 0 Å². The first kappa shape index (κ1) is 12.8. The molecule has 1 amide bonds. The minimum absolute atomic E-state index is 0.00000945. The molecule has 92 valence electrons. The smallest absolute Gasteiger partial charge is 0.230 e. The molecule has 0 aliphatic carbocycles. The van der Waals surface area contributed by atoms with Crippen LogP contribution in [-0.4, -0.2) is 46.6 Å². The zero-order chi connectivity index (χ0) is 12.3. The van der Waals surface area contributed by atoms with E-state index in [0.29, 0.717) is 13.1 Å². The van der Waals surface area contributed by atoms with E-state index in [1.165, 1.54) is 0 Å². The van der Waals surface area contributed by atoms with Gasteiger partial charge in [0.15, 0.2) is 0 Å². The molecule has 1 heterocycles. The van der Waals surface area contributed by atoms with Gasteiger partial charge in [-0.05, 0) is 20.8 Å². The number of carbonyl (C=O) groups excluding carboxylic acids is 1. The van der Waals surface area contributed by atoms with Crippen LogP contribution in [0.3, 0.4) is 0 Å². The van der Waals surface area contributed by atoms with Crippen LogP contribution in [0.4, 0.5) is 0 Å². The predicted molar refractivity (Wildman–Crippen MR) is 59.2 cm³/mol. The van der Waals surface area contributed by atoms with E-state index >= 15 is 0 Å². The molecule has 0 aromatic heterocycles. The van der Waals surface area contributed by atoms with Crippen molar-refractivity contribution in [3.63, 3.8) is 0 Å². The van der Waals surface area contributed by atoms with E-state index in [-0.39, 0.29) is 29.9 Å². The molecule has 0 aromatic carbocycles. The highest BCUT2D eigenvalue weighted by atomic mass is 16.5. The van der Waals surface area contributed by atoms with Crippen molar-refractivity contribution in [2.75, 3.05) is 13.1 Å². The van der Waals surface area contributed by atoms with Gasteiger partial charge < -0.3 is 20.6 Å². The number of amides is 1. The topological polar surface area (TPSA) is 88.2 Å². The van der Waals surface area contributed by atoms with E-state index < -0.39 is 0 Å². The van der Waals surface area contributed by atoms with Gasteiger partial charge in [-0.3, -0.25) is 4.79 Å². The van der Waals surface area contributed by atoms with Gasteiger partial charge >= 0.3 is 0 Å². The third-order valence-electron chi connectivity index (χ3n) is 2.38. The highest BCUT2D eigenvalue weighted by Crippen LogP contribution is 2.21. The number of rotatable bonds is 2. The van der Waals surface area contributed by atoms with E-state index in [1.807, 2.05) is 20.8 Å². The molecule has 6 nitrogen and oxygen atoms in total. The lowest BCUT2D eigenvalue weighted by molar-refractivity contribution is -0.157. The van der Waals surface area contributed by atoms with Crippen molar-refractivity contribution in [3.05, 3.63) is 0 Å². The molecule has 1 unspecified atom stereocenters. The average Bonchev–Trinajstić information content (AvgIpc) is 2.14. The number of amidine groups is 1. The Balaban J connectivity index is 2.62. The fourth-order valence-corrected chi connectivity index (χ4v) is 1.95. The van der Waals surface area contributed by atoms with Gasteiger partial charge in [0, 0.05) is 13.1 Å². The third-order valence-corrected chi connectivity index (χ3v) is 2.38. The number of hydrogen-bond donors (Lipinski definition) is 2. The lowest BCUT2D eigenvalue weighted by atomic mass is 10.1. The number of hydrogen-bond acceptors (Lipinski definition) is 4. The number of morpholine rings is 1. The second-order valence-electron chi connectivity index (χ2n) is 4.73. The van der Waals surface area contributed by atoms with Crippen molar-refractivity contribution in [3.8, 4) is 0 Å². The van der Waals surface area contributed by atoms with E-state index in [4.69, 9.17) is 15.7 Å². The Labute approximate surface area is 95.0 Å².